The van der Waals surface area contributed by atoms with Crippen molar-refractivity contribution in [2.45, 2.75) is 40.2 Å². The van der Waals surface area contributed by atoms with Gasteiger partial charge in [-0.1, -0.05) is 17.7 Å². The van der Waals surface area contributed by atoms with Crippen molar-refractivity contribution in [1.29, 1.82) is 0 Å². The predicted molar refractivity (Wildman–Crippen MR) is 88.4 cm³/mol. The Bertz CT molecular complexity index is 672. The van der Waals surface area contributed by atoms with E-state index in [1.165, 1.54) is 11.8 Å². The van der Waals surface area contributed by atoms with E-state index in [9.17, 15) is 4.79 Å². The monoisotopic (exact) mass is 298 g/mol. The number of carbonyl (C=O) groups is 1. The number of amides is 1. The minimum absolute atomic E-state index is 0.224. The number of nitrogens with one attached hydrogen (secondary N) is 2. The van der Waals surface area contributed by atoms with Crippen LogP contribution < -0.4 is 10.6 Å². The van der Waals surface area contributed by atoms with Gasteiger partial charge in [0.15, 0.2) is 0 Å². The lowest BCUT2D eigenvalue weighted by Gasteiger charge is -2.20. The van der Waals surface area contributed by atoms with E-state index in [-0.39, 0.29) is 11.4 Å². The van der Waals surface area contributed by atoms with Crippen molar-refractivity contribution in [3.8, 4) is 0 Å². The fourth-order valence-electron chi connectivity index (χ4n) is 2.01. The number of hydrogen-bond donors (Lipinski definition) is 2. The Labute approximate surface area is 131 Å². The van der Waals surface area contributed by atoms with Gasteiger partial charge in [0.2, 0.25) is 0 Å². The number of rotatable bonds is 3. The number of aryl methyl sites for hydroxylation is 2. The van der Waals surface area contributed by atoms with Crippen molar-refractivity contribution in [2.24, 2.45) is 0 Å². The second kappa shape index (κ2) is 6.13. The summed E-state index contributed by atoms with van der Waals surface area (Å²) in [4.78, 5) is 20.4. The molecular formula is C17H22N4O. The molecule has 0 spiro atoms. The normalized spacial score (nSPS) is 11.1. The van der Waals surface area contributed by atoms with E-state index >= 15 is 0 Å². The van der Waals surface area contributed by atoms with Crippen LogP contribution in [0.15, 0.2) is 30.6 Å². The standard InChI is InChI=1S/C17H22N4O/c1-11-6-7-13(12(2)8-11)20-15-10-18-14(9-19-15)16(22)21-17(3,4)5/h6-10H,1-5H3,(H,19,20)(H,21,22). The minimum atomic E-state index is -0.297. The molecule has 1 aromatic heterocycles. The quantitative estimate of drug-likeness (QED) is 0.911. The number of aromatic nitrogens is 2. The number of carbonyl (C=O) groups excluding carboxylic acids is 1. The van der Waals surface area contributed by atoms with Gasteiger partial charge in [0.1, 0.15) is 11.5 Å². The lowest BCUT2D eigenvalue weighted by molar-refractivity contribution is 0.0914. The zero-order valence-corrected chi connectivity index (χ0v) is 13.7. The summed E-state index contributed by atoms with van der Waals surface area (Å²) < 4.78 is 0. The smallest absolute Gasteiger partial charge is 0.271 e. The SMILES string of the molecule is Cc1ccc(Nc2cnc(C(=O)NC(C)(C)C)cn2)c(C)c1. The van der Waals surface area contributed by atoms with Crippen LogP contribution in [0.5, 0.6) is 0 Å². The van der Waals surface area contributed by atoms with E-state index in [4.69, 9.17) is 0 Å². The molecule has 2 aromatic rings. The van der Waals surface area contributed by atoms with Crippen molar-refractivity contribution in [3.05, 3.63) is 47.4 Å². The summed E-state index contributed by atoms with van der Waals surface area (Å²) in [5.41, 5.74) is 3.34. The maximum absolute atomic E-state index is 12.0. The van der Waals surface area contributed by atoms with Crippen molar-refractivity contribution in [1.82, 2.24) is 15.3 Å². The van der Waals surface area contributed by atoms with Crippen LogP contribution >= 0.6 is 0 Å². The van der Waals surface area contributed by atoms with Crippen LogP contribution in [0.2, 0.25) is 0 Å². The average Bonchev–Trinajstić information content (AvgIpc) is 2.41. The van der Waals surface area contributed by atoms with E-state index in [2.05, 4.69) is 33.6 Å². The van der Waals surface area contributed by atoms with Gasteiger partial charge >= 0.3 is 0 Å². The topological polar surface area (TPSA) is 66.9 Å². The van der Waals surface area contributed by atoms with Crippen molar-refractivity contribution in [2.75, 3.05) is 5.32 Å². The number of nitrogens with zero attached hydrogens (tertiary/aromatic N) is 2. The molecule has 0 aliphatic carbocycles. The Morgan fingerprint density at radius 1 is 1.09 bits per heavy atom. The Morgan fingerprint density at radius 2 is 1.82 bits per heavy atom. The largest absolute Gasteiger partial charge is 0.346 e. The molecule has 116 valence electrons. The molecule has 2 N–H and O–H groups in total. The summed E-state index contributed by atoms with van der Waals surface area (Å²) in [6, 6.07) is 6.14. The van der Waals surface area contributed by atoms with Crippen LogP contribution in [-0.4, -0.2) is 21.4 Å². The van der Waals surface area contributed by atoms with Crippen LogP contribution in [0.25, 0.3) is 0 Å². The molecule has 2 rings (SSSR count). The molecule has 0 aliphatic heterocycles. The first-order valence-electron chi connectivity index (χ1n) is 7.23. The molecule has 5 heteroatoms. The number of benzene rings is 1. The fourth-order valence-corrected chi connectivity index (χ4v) is 2.01. The maximum Gasteiger partial charge on any atom is 0.271 e. The summed E-state index contributed by atoms with van der Waals surface area (Å²) in [5, 5.41) is 6.07. The van der Waals surface area contributed by atoms with Crippen LogP contribution in [0.3, 0.4) is 0 Å². The summed E-state index contributed by atoms with van der Waals surface area (Å²) in [7, 11) is 0. The molecule has 1 amide bonds. The summed E-state index contributed by atoms with van der Waals surface area (Å²) >= 11 is 0. The lowest BCUT2D eigenvalue weighted by atomic mass is 10.1. The highest BCUT2D eigenvalue weighted by Crippen LogP contribution is 2.19. The van der Waals surface area contributed by atoms with E-state index in [1.54, 1.807) is 6.20 Å². The first-order valence-corrected chi connectivity index (χ1v) is 7.23. The Kier molecular flexibility index (Phi) is 4.45. The van der Waals surface area contributed by atoms with Crippen LogP contribution in [0.4, 0.5) is 11.5 Å². The van der Waals surface area contributed by atoms with Gasteiger partial charge in [-0.2, -0.15) is 0 Å². The highest BCUT2D eigenvalue weighted by molar-refractivity contribution is 5.92. The van der Waals surface area contributed by atoms with Gasteiger partial charge in [0.05, 0.1) is 12.4 Å². The third-order valence-electron chi connectivity index (χ3n) is 3.02. The lowest BCUT2D eigenvalue weighted by Crippen LogP contribution is -2.40. The van der Waals surface area contributed by atoms with E-state index in [0.29, 0.717) is 11.5 Å². The van der Waals surface area contributed by atoms with E-state index < -0.39 is 0 Å². The van der Waals surface area contributed by atoms with Crippen LogP contribution in [-0.2, 0) is 0 Å². The first kappa shape index (κ1) is 15.9. The first-order chi connectivity index (χ1) is 10.2. The molecule has 0 radical (unpaired) electrons. The van der Waals surface area contributed by atoms with E-state index in [0.717, 1.165) is 11.3 Å². The van der Waals surface area contributed by atoms with Crippen LogP contribution in [0, 0.1) is 13.8 Å². The Balaban J connectivity index is 2.10. The molecule has 0 saturated heterocycles. The highest BCUT2D eigenvalue weighted by atomic mass is 16.2. The van der Waals surface area contributed by atoms with Gasteiger partial charge in [-0.05, 0) is 46.2 Å². The second-order valence-electron chi connectivity index (χ2n) is 6.43. The van der Waals surface area contributed by atoms with Crippen molar-refractivity contribution >= 4 is 17.4 Å². The second-order valence-corrected chi connectivity index (χ2v) is 6.43. The molecule has 0 fully saturated rings. The summed E-state index contributed by atoms with van der Waals surface area (Å²) in [6.07, 6.45) is 3.05. The molecule has 0 saturated carbocycles. The molecule has 0 atom stereocenters. The highest BCUT2D eigenvalue weighted by Gasteiger charge is 2.16. The van der Waals surface area contributed by atoms with Gasteiger partial charge in [-0.25, -0.2) is 9.97 Å². The van der Waals surface area contributed by atoms with Crippen molar-refractivity contribution < 1.29 is 4.79 Å². The van der Waals surface area contributed by atoms with Gasteiger partial charge < -0.3 is 10.6 Å². The molecule has 1 heterocycles. The average molecular weight is 298 g/mol. The zero-order chi connectivity index (χ0) is 16.3. The van der Waals surface area contributed by atoms with Crippen LogP contribution in [0.1, 0.15) is 42.4 Å². The molecular weight excluding hydrogens is 276 g/mol. The fraction of sp³-hybridized carbons (Fsp3) is 0.353. The minimum Gasteiger partial charge on any atom is -0.346 e. The van der Waals surface area contributed by atoms with Gasteiger partial charge in [-0.3, -0.25) is 4.79 Å². The third kappa shape index (κ3) is 4.28. The zero-order valence-electron chi connectivity index (χ0n) is 13.7. The maximum atomic E-state index is 12.0. The molecule has 0 bridgehead atoms. The Morgan fingerprint density at radius 3 is 2.36 bits per heavy atom. The molecule has 1 aromatic carbocycles. The summed E-state index contributed by atoms with van der Waals surface area (Å²) in [5.74, 6) is 0.386. The van der Waals surface area contributed by atoms with Gasteiger partial charge in [-0.15, -0.1) is 0 Å². The Hall–Kier alpha value is -2.43. The third-order valence-corrected chi connectivity index (χ3v) is 3.02. The van der Waals surface area contributed by atoms with E-state index in [1.807, 2.05) is 39.8 Å². The molecule has 5 nitrogen and oxygen atoms in total. The predicted octanol–water partition coefficient (Wildman–Crippen LogP) is 3.37. The molecule has 0 unspecified atom stereocenters. The van der Waals surface area contributed by atoms with Gasteiger partial charge in [0, 0.05) is 11.2 Å². The molecule has 22 heavy (non-hydrogen) atoms. The number of anilines is 2. The summed E-state index contributed by atoms with van der Waals surface area (Å²) in [6.45, 7) is 9.87. The van der Waals surface area contributed by atoms with Gasteiger partial charge in [0.25, 0.3) is 5.91 Å². The molecule has 0 aliphatic rings. The number of hydrogen-bond acceptors (Lipinski definition) is 4. The van der Waals surface area contributed by atoms with Crippen molar-refractivity contribution in [3.63, 3.8) is 0 Å².